The number of benzene rings is 4. The van der Waals surface area contributed by atoms with Gasteiger partial charge in [-0.25, -0.2) is 12.8 Å². The molecule has 4 aromatic rings. The van der Waals surface area contributed by atoms with Crippen molar-refractivity contribution in [3.8, 4) is 0 Å². The van der Waals surface area contributed by atoms with E-state index in [1.54, 1.807) is 36.4 Å². The number of aryl methyl sites for hydroxylation is 1. The van der Waals surface area contributed by atoms with Crippen LogP contribution in [0.2, 0.25) is 5.02 Å². The maximum Gasteiger partial charge on any atom is 0.264 e. The lowest BCUT2D eigenvalue weighted by molar-refractivity contribution is -0.140. The summed E-state index contributed by atoms with van der Waals surface area (Å²) in [6.07, 6.45) is 3.84. The van der Waals surface area contributed by atoms with Crippen LogP contribution in [-0.2, 0) is 32.6 Å². The van der Waals surface area contributed by atoms with Crippen LogP contribution in [0.15, 0.2) is 108 Å². The Balaban J connectivity index is 1.57. The number of rotatable bonds is 12. The number of halogens is 2. The first kappa shape index (κ1) is 33.2. The van der Waals surface area contributed by atoms with Gasteiger partial charge in [-0.1, -0.05) is 85.1 Å². The summed E-state index contributed by atoms with van der Waals surface area (Å²) >= 11 is 6.05. The minimum absolute atomic E-state index is 0.0229. The van der Waals surface area contributed by atoms with Crippen molar-refractivity contribution in [2.75, 3.05) is 10.8 Å². The lowest BCUT2D eigenvalue weighted by Gasteiger charge is -2.34. The summed E-state index contributed by atoms with van der Waals surface area (Å²) in [5.74, 6) is -1.54. The van der Waals surface area contributed by atoms with Crippen LogP contribution in [0.1, 0.15) is 42.4 Å². The highest BCUT2D eigenvalue weighted by Crippen LogP contribution is 2.27. The van der Waals surface area contributed by atoms with Crippen molar-refractivity contribution in [3.63, 3.8) is 0 Å². The van der Waals surface area contributed by atoms with Crippen LogP contribution in [0, 0.1) is 12.7 Å². The van der Waals surface area contributed by atoms with E-state index in [-0.39, 0.29) is 41.1 Å². The Morgan fingerprint density at radius 2 is 1.59 bits per heavy atom. The summed E-state index contributed by atoms with van der Waals surface area (Å²) < 4.78 is 44.4. The van der Waals surface area contributed by atoms with Crippen LogP contribution >= 0.6 is 11.6 Å². The van der Waals surface area contributed by atoms with E-state index in [1.165, 1.54) is 35.2 Å². The second-order valence-electron chi connectivity index (χ2n) is 11.6. The van der Waals surface area contributed by atoms with Gasteiger partial charge in [-0.2, -0.15) is 0 Å². The highest BCUT2D eigenvalue weighted by Gasteiger charge is 2.36. The van der Waals surface area contributed by atoms with Crippen molar-refractivity contribution in [1.82, 2.24) is 10.2 Å². The average Bonchev–Trinajstić information content (AvgIpc) is 3.56. The summed E-state index contributed by atoms with van der Waals surface area (Å²) in [5.41, 5.74) is 2.10. The molecule has 7 nitrogen and oxygen atoms in total. The molecule has 1 unspecified atom stereocenters. The number of amides is 2. The van der Waals surface area contributed by atoms with Crippen molar-refractivity contribution in [2.24, 2.45) is 0 Å². The van der Waals surface area contributed by atoms with Gasteiger partial charge in [0, 0.05) is 29.6 Å². The number of carbonyl (C=O) groups is 2. The number of hydrogen-bond donors (Lipinski definition) is 1. The standard InChI is InChI=1S/C36H37ClFN3O4S/c1-26-10-9-16-31(22-26)41(46(44,45)32-20-18-29(37)19-21-32)25-35(42)40(24-28-13-5-8-17-33(28)38)34(23-27-11-3-2-4-12-27)36(43)39-30-14-6-7-15-30/h2-5,8-13,16-22,30,34H,6-7,14-15,23-25H2,1H3,(H,39,43). The molecule has 10 heteroatoms. The number of carbonyl (C=O) groups excluding carboxylic acids is 2. The first-order chi connectivity index (χ1) is 22.1. The van der Waals surface area contributed by atoms with Crippen LogP contribution in [0.5, 0.6) is 0 Å². The van der Waals surface area contributed by atoms with E-state index in [1.807, 2.05) is 43.3 Å². The Kier molecular flexibility index (Phi) is 10.8. The fourth-order valence-corrected chi connectivity index (χ4v) is 7.31. The van der Waals surface area contributed by atoms with E-state index >= 15 is 4.39 Å². The van der Waals surface area contributed by atoms with Gasteiger partial charge in [-0.05, 0) is 73.4 Å². The molecular formula is C36H37ClFN3O4S. The Bertz CT molecular complexity index is 1760. The van der Waals surface area contributed by atoms with Gasteiger partial charge in [0.05, 0.1) is 10.6 Å². The summed E-state index contributed by atoms with van der Waals surface area (Å²) in [5, 5.41) is 3.48. The van der Waals surface area contributed by atoms with Gasteiger partial charge in [0.15, 0.2) is 0 Å². The first-order valence-electron chi connectivity index (χ1n) is 15.3. The summed E-state index contributed by atoms with van der Waals surface area (Å²) in [6, 6.07) is 26.9. The normalized spacial score (nSPS) is 14.1. The monoisotopic (exact) mass is 661 g/mol. The molecular weight excluding hydrogens is 625 g/mol. The second kappa shape index (κ2) is 14.9. The van der Waals surface area contributed by atoms with Gasteiger partial charge in [0.25, 0.3) is 10.0 Å². The molecule has 1 aliphatic rings. The van der Waals surface area contributed by atoms with Gasteiger partial charge in [0.2, 0.25) is 11.8 Å². The average molecular weight is 662 g/mol. The molecule has 1 fully saturated rings. The topological polar surface area (TPSA) is 86.8 Å². The summed E-state index contributed by atoms with van der Waals surface area (Å²) in [7, 11) is -4.27. The van der Waals surface area contributed by atoms with Gasteiger partial charge >= 0.3 is 0 Å². The van der Waals surface area contributed by atoms with E-state index in [2.05, 4.69) is 5.32 Å². The molecule has 0 heterocycles. The summed E-state index contributed by atoms with van der Waals surface area (Å²) in [6.45, 7) is 0.973. The Morgan fingerprint density at radius 1 is 0.913 bits per heavy atom. The number of nitrogens with zero attached hydrogens (tertiary/aromatic N) is 2. The molecule has 1 N–H and O–H groups in total. The maximum absolute atomic E-state index is 15.1. The van der Waals surface area contributed by atoms with Gasteiger partial charge in [-0.3, -0.25) is 13.9 Å². The number of nitrogens with one attached hydrogen (secondary N) is 1. The molecule has 2 amide bonds. The third-order valence-corrected chi connectivity index (χ3v) is 10.3. The zero-order valence-corrected chi connectivity index (χ0v) is 27.2. The molecule has 1 atom stereocenters. The van der Waals surface area contributed by atoms with Crippen LogP contribution in [0.3, 0.4) is 0 Å². The molecule has 0 saturated heterocycles. The maximum atomic E-state index is 15.1. The minimum atomic E-state index is -4.27. The molecule has 1 saturated carbocycles. The van der Waals surface area contributed by atoms with E-state index in [0.29, 0.717) is 5.02 Å². The fourth-order valence-electron chi connectivity index (χ4n) is 5.78. The fraction of sp³-hybridized carbons (Fsp3) is 0.278. The Hall–Kier alpha value is -4.21. The van der Waals surface area contributed by atoms with Crippen LogP contribution < -0.4 is 9.62 Å². The van der Waals surface area contributed by atoms with Crippen molar-refractivity contribution >= 4 is 39.1 Å². The molecule has 240 valence electrons. The van der Waals surface area contributed by atoms with Crippen molar-refractivity contribution in [2.45, 2.75) is 62.6 Å². The largest absolute Gasteiger partial charge is 0.352 e. The number of sulfonamides is 1. The van der Waals surface area contributed by atoms with Crippen molar-refractivity contribution in [3.05, 3.63) is 131 Å². The smallest absolute Gasteiger partial charge is 0.264 e. The van der Waals surface area contributed by atoms with Gasteiger partial charge in [0.1, 0.15) is 18.4 Å². The highest BCUT2D eigenvalue weighted by atomic mass is 35.5. The lowest BCUT2D eigenvalue weighted by Crippen LogP contribution is -2.54. The minimum Gasteiger partial charge on any atom is -0.352 e. The van der Waals surface area contributed by atoms with Crippen molar-refractivity contribution in [1.29, 1.82) is 0 Å². The molecule has 0 aliphatic heterocycles. The van der Waals surface area contributed by atoms with Crippen LogP contribution in [-0.4, -0.2) is 43.8 Å². The Morgan fingerprint density at radius 3 is 2.26 bits per heavy atom. The SMILES string of the molecule is Cc1cccc(N(CC(=O)N(Cc2ccccc2F)C(Cc2ccccc2)C(=O)NC2CCCC2)S(=O)(=O)c2ccc(Cl)cc2)c1. The second-order valence-corrected chi connectivity index (χ2v) is 13.9. The molecule has 0 spiro atoms. The Labute approximate surface area is 275 Å². The molecule has 0 aromatic heterocycles. The zero-order chi connectivity index (χ0) is 32.7. The molecule has 5 rings (SSSR count). The van der Waals surface area contributed by atoms with Crippen LogP contribution in [0.4, 0.5) is 10.1 Å². The first-order valence-corrected chi connectivity index (χ1v) is 17.2. The predicted octanol–water partition coefficient (Wildman–Crippen LogP) is 6.68. The van der Waals surface area contributed by atoms with Crippen molar-refractivity contribution < 1.29 is 22.4 Å². The van der Waals surface area contributed by atoms with Crippen LogP contribution in [0.25, 0.3) is 0 Å². The van der Waals surface area contributed by atoms with Gasteiger partial charge < -0.3 is 10.2 Å². The predicted molar refractivity (Wildman–Crippen MR) is 178 cm³/mol. The number of anilines is 1. The molecule has 1 aliphatic carbocycles. The lowest BCUT2D eigenvalue weighted by atomic mass is 10.0. The third-order valence-electron chi connectivity index (χ3n) is 8.24. The van der Waals surface area contributed by atoms with Gasteiger partial charge in [-0.15, -0.1) is 0 Å². The highest BCUT2D eigenvalue weighted by molar-refractivity contribution is 7.92. The molecule has 0 radical (unpaired) electrons. The quantitative estimate of drug-likeness (QED) is 0.184. The molecule has 0 bridgehead atoms. The summed E-state index contributed by atoms with van der Waals surface area (Å²) in [4.78, 5) is 29.8. The van der Waals surface area contributed by atoms with E-state index in [0.717, 1.165) is 41.1 Å². The van der Waals surface area contributed by atoms with E-state index in [9.17, 15) is 18.0 Å². The van der Waals surface area contributed by atoms with E-state index < -0.39 is 34.3 Å². The third kappa shape index (κ3) is 8.13. The van der Waals surface area contributed by atoms with E-state index in [4.69, 9.17) is 11.6 Å². The number of hydrogen-bond acceptors (Lipinski definition) is 4. The zero-order valence-electron chi connectivity index (χ0n) is 25.6. The molecule has 46 heavy (non-hydrogen) atoms. The molecule has 4 aromatic carbocycles.